The Bertz CT molecular complexity index is 535. The van der Waals surface area contributed by atoms with Gasteiger partial charge in [0.1, 0.15) is 0 Å². The average molecular weight is 262 g/mol. The Morgan fingerprint density at radius 3 is 2.84 bits per heavy atom. The van der Waals surface area contributed by atoms with Gasteiger partial charge in [0, 0.05) is 23.9 Å². The van der Waals surface area contributed by atoms with Crippen LogP contribution in [0, 0.1) is 10.1 Å². The Hall–Kier alpha value is -2.37. The zero-order valence-corrected chi connectivity index (χ0v) is 10.5. The van der Waals surface area contributed by atoms with E-state index in [1.54, 1.807) is 12.1 Å². The van der Waals surface area contributed by atoms with Crippen LogP contribution in [0.5, 0.6) is 0 Å². The molecule has 6 nitrogen and oxygen atoms in total. The fraction of sp³-hybridized carbons (Fsp3) is 0.308. The molecule has 0 amide bonds. The first kappa shape index (κ1) is 13.1. The fourth-order valence-electron chi connectivity index (χ4n) is 1.62. The Morgan fingerprint density at radius 2 is 2.26 bits per heavy atom. The van der Waals surface area contributed by atoms with E-state index in [0.717, 1.165) is 24.6 Å². The molecule has 1 aliphatic carbocycles. The number of esters is 1. The number of nitro groups is 1. The van der Waals surface area contributed by atoms with Crippen LogP contribution in [0.2, 0.25) is 0 Å². The molecule has 19 heavy (non-hydrogen) atoms. The number of nitrogens with zero attached hydrogens (tertiary/aromatic N) is 1. The lowest BCUT2D eigenvalue weighted by Gasteiger charge is -2.05. The number of rotatable bonds is 5. The molecule has 0 bridgehead atoms. The highest BCUT2D eigenvalue weighted by Gasteiger charge is 2.22. The van der Waals surface area contributed by atoms with Crippen LogP contribution >= 0.6 is 0 Å². The van der Waals surface area contributed by atoms with Crippen molar-refractivity contribution < 1.29 is 14.5 Å². The Labute approximate surface area is 110 Å². The molecule has 0 aromatic heterocycles. The lowest BCUT2D eigenvalue weighted by molar-refractivity contribution is -0.385. The van der Waals surface area contributed by atoms with Gasteiger partial charge < -0.3 is 10.1 Å². The maximum Gasteiger partial charge on any atom is 0.330 e. The lowest BCUT2D eigenvalue weighted by atomic mass is 10.1. The van der Waals surface area contributed by atoms with Crippen molar-refractivity contribution in [3.63, 3.8) is 0 Å². The minimum atomic E-state index is -0.547. The molecule has 0 heterocycles. The first-order valence-corrected chi connectivity index (χ1v) is 5.91. The third-order valence-electron chi connectivity index (χ3n) is 2.78. The third-order valence-corrected chi connectivity index (χ3v) is 2.78. The van der Waals surface area contributed by atoms with E-state index < -0.39 is 10.9 Å². The minimum Gasteiger partial charge on any atom is -0.466 e. The van der Waals surface area contributed by atoms with Crippen LogP contribution in [0.4, 0.5) is 11.4 Å². The van der Waals surface area contributed by atoms with Gasteiger partial charge in [-0.2, -0.15) is 0 Å². The Morgan fingerprint density at radius 1 is 1.53 bits per heavy atom. The molecule has 1 aromatic rings. The van der Waals surface area contributed by atoms with Crippen molar-refractivity contribution in [1.29, 1.82) is 0 Å². The molecule has 0 saturated heterocycles. The van der Waals surface area contributed by atoms with E-state index in [9.17, 15) is 14.9 Å². The molecule has 100 valence electrons. The van der Waals surface area contributed by atoms with Gasteiger partial charge in [-0.05, 0) is 31.1 Å². The molecule has 0 atom stereocenters. The zero-order chi connectivity index (χ0) is 13.8. The second-order valence-corrected chi connectivity index (χ2v) is 4.31. The summed E-state index contributed by atoms with van der Waals surface area (Å²) in [6.45, 7) is 0. The number of nitro benzene ring substituents is 1. The molecule has 1 aromatic carbocycles. The number of hydrogen-bond donors (Lipinski definition) is 1. The number of hydrogen-bond acceptors (Lipinski definition) is 5. The summed E-state index contributed by atoms with van der Waals surface area (Å²) in [5.74, 6) is -0.547. The quantitative estimate of drug-likeness (QED) is 0.381. The van der Waals surface area contributed by atoms with Crippen LogP contribution in [0.15, 0.2) is 24.3 Å². The van der Waals surface area contributed by atoms with Crippen molar-refractivity contribution in [2.75, 3.05) is 12.4 Å². The van der Waals surface area contributed by atoms with Crippen molar-refractivity contribution in [3.05, 3.63) is 40.0 Å². The smallest absolute Gasteiger partial charge is 0.330 e. The van der Waals surface area contributed by atoms with E-state index in [-0.39, 0.29) is 5.69 Å². The van der Waals surface area contributed by atoms with E-state index in [1.807, 2.05) is 0 Å². The van der Waals surface area contributed by atoms with Crippen molar-refractivity contribution in [3.8, 4) is 0 Å². The Kier molecular flexibility index (Phi) is 3.79. The normalized spacial score (nSPS) is 14.4. The molecule has 1 fully saturated rings. The van der Waals surface area contributed by atoms with E-state index in [4.69, 9.17) is 0 Å². The van der Waals surface area contributed by atoms with Crippen molar-refractivity contribution in [2.24, 2.45) is 0 Å². The van der Waals surface area contributed by atoms with Gasteiger partial charge in [-0.3, -0.25) is 10.1 Å². The third kappa shape index (κ3) is 3.54. The van der Waals surface area contributed by atoms with Gasteiger partial charge in [0.2, 0.25) is 0 Å². The van der Waals surface area contributed by atoms with Gasteiger partial charge in [0.25, 0.3) is 5.69 Å². The number of benzene rings is 1. The molecule has 6 heteroatoms. The van der Waals surface area contributed by atoms with Crippen LogP contribution in [0.25, 0.3) is 6.08 Å². The van der Waals surface area contributed by atoms with Gasteiger partial charge in [0.15, 0.2) is 0 Å². The van der Waals surface area contributed by atoms with Gasteiger partial charge in [-0.25, -0.2) is 4.79 Å². The predicted molar refractivity (Wildman–Crippen MR) is 70.8 cm³/mol. The Balaban J connectivity index is 2.23. The molecule has 1 N–H and O–H groups in total. The number of ether oxygens (including phenoxy) is 1. The fourth-order valence-corrected chi connectivity index (χ4v) is 1.62. The predicted octanol–water partition coefficient (Wildman–Crippen LogP) is 2.36. The molecule has 1 aliphatic rings. The summed E-state index contributed by atoms with van der Waals surface area (Å²) in [6.07, 6.45) is 4.73. The largest absolute Gasteiger partial charge is 0.466 e. The monoisotopic (exact) mass is 262 g/mol. The second kappa shape index (κ2) is 5.51. The minimum absolute atomic E-state index is 0.0363. The van der Waals surface area contributed by atoms with Gasteiger partial charge in [0.05, 0.1) is 17.6 Å². The number of carbonyl (C=O) groups is 1. The van der Waals surface area contributed by atoms with Crippen LogP contribution in [0.1, 0.15) is 18.4 Å². The first-order valence-electron chi connectivity index (χ1n) is 5.91. The molecule has 0 unspecified atom stereocenters. The van der Waals surface area contributed by atoms with E-state index in [1.165, 1.54) is 19.3 Å². The summed E-state index contributed by atoms with van der Waals surface area (Å²) in [5.41, 5.74) is 1.06. The topological polar surface area (TPSA) is 81.5 Å². The van der Waals surface area contributed by atoms with Crippen molar-refractivity contribution in [1.82, 2.24) is 0 Å². The summed E-state index contributed by atoms with van der Waals surface area (Å²) in [7, 11) is 1.25. The maximum atomic E-state index is 11.0. The molecule has 0 spiro atoms. The first-order chi connectivity index (χ1) is 9.10. The highest BCUT2D eigenvalue weighted by Crippen LogP contribution is 2.29. The number of carbonyl (C=O) groups excluding carboxylic acids is 1. The highest BCUT2D eigenvalue weighted by atomic mass is 16.6. The number of nitrogens with one attached hydrogen (secondary N) is 1. The van der Waals surface area contributed by atoms with Gasteiger partial charge in [-0.15, -0.1) is 0 Å². The average Bonchev–Trinajstić information content (AvgIpc) is 3.20. The van der Waals surface area contributed by atoms with Crippen molar-refractivity contribution >= 4 is 23.4 Å². The molecule has 0 aliphatic heterocycles. The van der Waals surface area contributed by atoms with Crippen molar-refractivity contribution in [2.45, 2.75) is 18.9 Å². The van der Waals surface area contributed by atoms with Crippen LogP contribution < -0.4 is 5.32 Å². The summed E-state index contributed by atoms with van der Waals surface area (Å²) in [5, 5.41) is 14.2. The van der Waals surface area contributed by atoms with E-state index >= 15 is 0 Å². The second-order valence-electron chi connectivity index (χ2n) is 4.31. The summed E-state index contributed by atoms with van der Waals surface area (Å²) in [4.78, 5) is 21.5. The van der Waals surface area contributed by atoms with Gasteiger partial charge in [-0.1, -0.05) is 0 Å². The lowest BCUT2D eigenvalue weighted by Crippen LogP contribution is -2.02. The number of methoxy groups -OCH3 is 1. The molecule has 1 saturated carbocycles. The summed E-state index contributed by atoms with van der Waals surface area (Å²) in [6, 6.07) is 5.29. The van der Waals surface area contributed by atoms with Crippen LogP contribution in [-0.2, 0) is 9.53 Å². The van der Waals surface area contributed by atoms with Crippen LogP contribution in [0.3, 0.4) is 0 Å². The zero-order valence-electron chi connectivity index (χ0n) is 10.5. The van der Waals surface area contributed by atoms with E-state index in [2.05, 4.69) is 10.1 Å². The molecular formula is C13H14N2O4. The molecule has 2 rings (SSSR count). The number of anilines is 1. The summed E-state index contributed by atoms with van der Waals surface area (Å²) < 4.78 is 4.45. The van der Waals surface area contributed by atoms with E-state index in [0.29, 0.717) is 11.6 Å². The summed E-state index contributed by atoms with van der Waals surface area (Å²) >= 11 is 0. The van der Waals surface area contributed by atoms with Crippen LogP contribution in [-0.4, -0.2) is 24.0 Å². The molecular weight excluding hydrogens is 248 g/mol. The van der Waals surface area contributed by atoms with Gasteiger partial charge >= 0.3 is 5.97 Å². The maximum absolute atomic E-state index is 11.0. The standard InChI is InChI=1S/C13H14N2O4/c1-19-13(16)7-3-9-2-4-11(14-10-5-6-10)8-12(9)15(17)18/h2-4,7-8,10,14H,5-6H2,1H3/b7-3+. The SMILES string of the molecule is COC(=O)/C=C/c1ccc(NC2CC2)cc1[N+](=O)[O-]. The highest BCUT2D eigenvalue weighted by molar-refractivity contribution is 5.88. The molecule has 0 radical (unpaired) electrons.